The van der Waals surface area contributed by atoms with Crippen molar-refractivity contribution in [3.05, 3.63) is 33.1 Å². The fraction of sp³-hybridized carbons (Fsp3) is 0.625. The van der Waals surface area contributed by atoms with Crippen molar-refractivity contribution in [2.45, 2.75) is 37.4 Å². The van der Waals surface area contributed by atoms with Gasteiger partial charge in [-0.2, -0.15) is 0 Å². The molecule has 0 bridgehead atoms. The number of aliphatic hydroxyl groups excluding tert-OH is 1. The van der Waals surface area contributed by atoms with Crippen molar-refractivity contribution in [1.82, 2.24) is 0 Å². The van der Waals surface area contributed by atoms with Crippen molar-refractivity contribution in [2.24, 2.45) is 5.92 Å². The predicted octanol–water partition coefficient (Wildman–Crippen LogP) is 3.44. The van der Waals surface area contributed by atoms with Crippen LogP contribution in [-0.4, -0.2) is 30.5 Å². The number of ether oxygens (including phenoxy) is 2. The second-order valence-electron chi connectivity index (χ2n) is 6.01. The fourth-order valence-electron chi connectivity index (χ4n) is 3.42. The zero-order valence-corrected chi connectivity index (χ0v) is 14.0. The summed E-state index contributed by atoms with van der Waals surface area (Å²) in [5.41, 5.74) is 0.694. The quantitative estimate of drug-likeness (QED) is 0.765. The molecule has 0 radical (unpaired) electrons. The molecule has 2 saturated heterocycles. The van der Waals surface area contributed by atoms with Gasteiger partial charge in [-0.1, -0.05) is 6.07 Å². The molecule has 1 aromatic carbocycles. The summed E-state index contributed by atoms with van der Waals surface area (Å²) in [6.45, 7) is 2.15. The second-order valence-corrected chi connectivity index (χ2v) is 7.17. The van der Waals surface area contributed by atoms with Crippen LogP contribution < -0.4 is 0 Å². The zero-order valence-electron chi connectivity index (χ0n) is 11.9. The molecule has 1 N–H and O–H groups in total. The molecule has 0 aliphatic carbocycles. The Morgan fingerprint density at radius 1 is 1.29 bits per heavy atom. The smallest absolute Gasteiger partial charge is 0.124 e. The van der Waals surface area contributed by atoms with E-state index in [0.717, 1.165) is 48.0 Å². The highest BCUT2D eigenvalue weighted by Crippen LogP contribution is 2.42. The highest BCUT2D eigenvalue weighted by Gasteiger charge is 2.41. The Labute approximate surface area is 138 Å². The molecule has 2 unspecified atom stereocenters. The summed E-state index contributed by atoms with van der Waals surface area (Å²) >= 11 is 2.09. The molecule has 1 spiro atoms. The Hall–Kier alpha value is -0.240. The number of aliphatic hydroxyl groups is 1. The molecule has 2 aliphatic heterocycles. The maximum absolute atomic E-state index is 13.2. The molecule has 2 heterocycles. The van der Waals surface area contributed by atoms with Crippen LogP contribution in [0.5, 0.6) is 0 Å². The lowest BCUT2D eigenvalue weighted by Crippen LogP contribution is -2.45. The van der Waals surface area contributed by atoms with Crippen LogP contribution in [0.4, 0.5) is 4.39 Å². The molecule has 2 atom stereocenters. The molecule has 0 amide bonds. The van der Waals surface area contributed by atoms with Crippen molar-refractivity contribution in [3.63, 3.8) is 0 Å². The van der Waals surface area contributed by atoms with Gasteiger partial charge in [0.2, 0.25) is 0 Å². The standard InChI is InChI=1S/C16H20FIO3/c17-12-1-2-13(14(18)9-12)15(19)11-3-6-21-16(10-11)4-7-20-8-5-16/h1-2,9,11,15,19H,3-8,10H2. The fourth-order valence-corrected chi connectivity index (χ4v) is 4.22. The molecular formula is C16H20FIO3. The average Bonchev–Trinajstić information content (AvgIpc) is 2.47. The van der Waals surface area contributed by atoms with Gasteiger partial charge in [-0.3, -0.25) is 0 Å². The van der Waals surface area contributed by atoms with Crippen molar-refractivity contribution in [1.29, 1.82) is 0 Å². The Kier molecular flexibility index (Phi) is 4.83. The largest absolute Gasteiger partial charge is 0.388 e. The Morgan fingerprint density at radius 3 is 2.76 bits per heavy atom. The molecule has 3 nitrogen and oxygen atoms in total. The third kappa shape index (κ3) is 3.41. The molecule has 1 aromatic rings. The monoisotopic (exact) mass is 406 g/mol. The van der Waals surface area contributed by atoms with Gasteiger partial charge in [0.25, 0.3) is 0 Å². The maximum atomic E-state index is 13.2. The maximum Gasteiger partial charge on any atom is 0.124 e. The summed E-state index contributed by atoms with van der Waals surface area (Å²) in [6, 6.07) is 4.60. The van der Waals surface area contributed by atoms with Gasteiger partial charge < -0.3 is 14.6 Å². The van der Waals surface area contributed by atoms with Crippen LogP contribution in [0.15, 0.2) is 18.2 Å². The lowest BCUT2D eigenvalue weighted by Gasteiger charge is -2.44. The van der Waals surface area contributed by atoms with Crippen LogP contribution in [0.2, 0.25) is 0 Å². The number of hydrogen-bond acceptors (Lipinski definition) is 3. The number of halogens is 2. The van der Waals surface area contributed by atoms with E-state index < -0.39 is 6.10 Å². The van der Waals surface area contributed by atoms with Crippen molar-refractivity contribution in [3.8, 4) is 0 Å². The minimum Gasteiger partial charge on any atom is -0.388 e. The number of benzene rings is 1. The third-order valence-corrected chi connectivity index (χ3v) is 5.60. The van der Waals surface area contributed by atoms with Gasteiger partial charge in [-0.25, -0.2) is 4.39 Å². The van der Waals surface area contributed by atoms with Crippen LogP contribution in [0.1, 0.15) is 37.4 Å². The summed E-state index contributed by atoms with van der Waals surface area (Å²) in [5.74, 6) is -0.0981. The van der Waals surface area contributed by atoms with Crippen LogP contribution in [0, 0.1) is 15.3 Å². The van der Waals surface area contributed by atoms with Crippen molar-refractivity contribution < 1.29 is 19.0 Å². The van der Waals surface area contributed by atoms with E-state index in [1.54, 1.807) is 6.07 Å². The van der Waals surface area contributed by atoms with Crippen LogP contribution in [-0.2, 0) is 9.47 Å². The second kappa shape index (κ2) is 6.48. The molecule has 21 heavy (non-hydrogen) atoms. The van der Waals surface area contributed by atoms with Gasteiger partial charge in [0.1, 0.15) is 5.82 Å². The van der Waals surface area contributed by atoms with Gasteiger partial charge in [0.15, 0.2) is 0 Å². The van der Waals surface area contributed by atoms with E-state index in [9.17, 15) is 9.50 Å². The van der Waals surface area contributed by atoms with E-state index in [2.05, 4.69) is 22.6 Å². The van der Waals surface area contributed by atoms with Gasteiger partial charge in [0, 0.05) is 23.4 Å². The van der Waals surface area contributed by atoms with Gasteiger partial charge >= 0.3 is 0 Å². The third-order valence-electron chi connectivity index (χ3n) is 4.66. The molecule has 5 heteroatoms. The first kappa shape index (κ1) is 15.6. The van der Waals surface area contributed by atoms with E-state index in [1.807, 2.05) is 0 Å². The Balaban J connectivity index is 1.76. The van der Waals surface area contributed by atoms with Gasteiger partial charge in [-0.05, 0) is 71.9 Å². The minimum absolute atomic E-state index is 0.131. The molecule has 0 saturated carbocycles. The van der Waals surface area contributed by atoms with E-state index in [1.165, 1.54) is 12.1 Å². The molecule has 2 aliphatic rings. The SMILES string of the molecule is OC(c1ccc(F)cc1I)C1CCOC2(CCOCC2)C1. The van der Waals surface area contributed by atoms with E-state index >= 15 is 0 Å². The molecule has 3 rings (SSSR count). The minimum atomic E-state index is -0.555. The number of hydrogen-bond donors (Lipinski definition) is 1. The highest BCUT2D eigenvalue weighted by atomic mass is 127. The summed E-state index contributed by atoms with van der Waals surface area (Å²) in [5, 5.41) is 10.7. The first-order valence-corrected chi connectivity index (χ1v) is 8.52. The highest BCUT2D eigenvalue weighted by molar-refractivity contribution is 14.1. The topological polar surface area (TPSA) is 38.7 Å². The normalized spacial score (nSPS) is 26.7. The lowest BCUT2D eigenvalue weighted by atomic mass is 9.77. The first-order chi connectivity index (χ1) is 10.1. The summed E-state index contributed by atoms with van der Waals surface area (Å²) < 4.78 is 25.4. The van der Waals surface area contributed by atoms with E-state index in [0.29, 0.717) is 6.61 Å². The summed E-state index contributed by atoms with van der Waals surface area (Å²) in [4.78, 5) is 0. The van der Waals surface area contributed by atoms with Gasteiger partial charge in [0.05, 0.1) is 11.7 Å². The molecule has 0 aromatic heterocycles. The van der Waals surface area contributed by atoms with E-state index in [-0.39, 0.29) is 17.3 Å². The Bertz CT molecular complexity index is 497. The van der Waals surface area contributed by atoms with Crippen LogP contribution in [0.25, 0.3) is 0 Å². The molecule has 2 fully saturated rings. The average molecular weight is 406 g/mol. The predicted molar refractivity (Wildman–Crippen MR) is 85.5 cm³/mol. The Morgan fingerprint density at radius 2 is 2.05 bits per heavy atom. The van der Waals surface area contributed by atoms with Gasteiger partial charge in [-0.15, -0.1) is 0 Å². The number of rotatable bonds is 2. The van der Waals surface area contributed by atoms with Crippen molar-refractivity contribution in [2.75, 3.05) is 19.8 Å². The van der Waals surface area contributed by atoms with Crippen LogP contribution in [0.3, 0.4) is 0 Å². The summed E-state index contributed by atoms with van der Waals surface area (Å²) in [6.07, 6.45) is 2.94. The zero-order chi connectivity index (χ0) is 14.9. The van der Waals surface area contributed by atoms with Crippen LogP contribution >= 0.6 is 22.6 Å². The first-order valence-electron chi connectivity index (χ1n) is 7.44. The molecule has 116 valence electrons. The summed E-state index contributed by atoms with van der Waals surface area (Å²) in [7, 11) is 0. The van der Waals surface area contributed by atoms with E-state index in [4.69, 9.17) is 9.47 Å². The lowest BCUT2D eigenvalue weighted by molar-refractivity contribution is -0.159. The van der Waals surface area contributed by atoms with Crippen molar-refractivity contribution >= 4 is 22.6 Å². The molecular weight excluding hydrogens is 386 g/mol.